The Bertz CT molecular complexity index is 778. The summed E-state index contributed by atoms with van der Waals surface area (Å²) in [5.74, 6) is 0.391. The predicted molar refractivity (Wildman–Crippen MR) is 97.2 cm³/mol. The van der Waals surface area contributed by atoms with Gasteiger partial charge in [-0.2, -0.15) is 0 Å². The molecule has 0 bridgehead atoms. The molecule has 1 aliphatic carbocycles. The highest BCUT2D eigenvalue weighted by molar-refractivity contribution is 6.29. The van der Waals surface area contributed by atoms with Gasteiger partial charge in [-0.05, 0) is 31.2 Å². The Kier molecular flexibility index (Phi) is 4.63. The molecular weight excluding hydrogens is 372 g/mol. The smallest absolute Gasteiger partial charge is 0.322 e. The van der Waals surface area contributed by atoms with Crippen LogP contribution < -0.4 is 15.5 Å². The Morgan fingerprint density at radius 1 is 1.26 bits per heavy atom. The maximum atomic E-state index is 12.6. The summed E-state index contributed by atoms with van der Waals surface area (Å²) in [6.45, 7) is 2.36. The number of halogens is 1. The number of nitrogens with one attached hydrogen (secondary N) is 2. The van der Waals surface area contributed by atoms with E-state index in [4.69, 9.17) is 11.6 Å². The van der Waals surface area contributed by atoms with Gasteiger partial charge in [-0.1, -0.05) is 11.6 Å². The largest absolute Gasteiger partial charge is 0.339 e. The average molecular weight is 393 g/mol. The van der Waals surface area contributed by atoms with E-state index in [1.807, 2.05) is 4.90 Å². The third kappa shape index (κ3) is 3.55. The molecule has 3 heterocycles. The van der Waals surface area contributed by atoms with E-state index in [-0.39, 0.29) is 24.2 Å². The van der Waals surface area contributed by atoms with E-state index in [0.29, 0.717) is 43.7 Å². The average Bonchev–Trinajstić information content (AvgIpc) is 3.46. The van der Waals surface area contributed by atoms with Crippen LogP contribution in [0.3, 0.4) is 0 Å². The lowest BCUT2D eigenvalue weighted by Gasteiger charge is -2.35. The van der Waals surface area contributed by atoms with E-state index in [9.17, 15) is 14.4 Å². The Labute approximate surface area is 161 Å². The molecule has 0 radical (unpaired) electrons. The van der Waals surface area contributed by atoms with Crippen molar-refractivity contribution in [2.75, 3.05) is 31.1 Å². The first-order chi connectivity index (χ1) is 13.0. The number of imide groups is 1. The molecule has 144 valence electrons. The molecule has 1 atom stereocenters. The third-order valence-electron chi connectivity index (χ3n) is 5.50. The lowest BCUT2D eigenvalue weighted by molar-refractivity contribution is -0.132. The first-order valence-electron chi connectivity index (χ1n) is 9.13. The maximum absolute atomic E-state index is 12.6. The summed E-state index contributed by atoms with van der Waals surface area (Å²) in [4.78, 5) is 48.7. The lowest BCUT2D eigenvalue weighted by atomic mass is 9.87. The maximum Gasteiger partial charge on any atom is 0.322 e. The van der Waals surface area contributed by atoms with Crippen LogP contribution in [0, 0.1) is 5.92 Å². The fourth-order valence-corrected chi connectivity index (χ4v) is 3.98. The molecule has 2 N–H and O–H groups in total. The standard InChI is InChI=1S/C17H21ClN6O3/c18-12-4-6-19-15(20-12)24-9-7-23(8-10-24)13(25)3-5-17(11-1-2-11)14(26)21-16(27)22-17/h4,6,11H,1-3,5,7-10H2,(H2,21,22,26,27). The lowest BCUT2D eigenvalue weighted by Crippen LogP contribution is -2.52. The van der Waals surface area contributed by atoms with Crippen LogP contribution in [0.5, 0.6) is 0 Å². The van der Waals surface area contributed by atoms with Gasteiger partial charge in [0.05, 0.1) is 0 Å². The highest BCUT2D eigenvalue weighted by Crippen LogP contribution is 2.43. The molecule has 3 fully saturated rings. The van der Waals surface area contributed by atoms with Crippen LogP contribution in [-0.4, -0.2) is 64.4 Å². The minimum Gasteiger partial charge on any atom is -0.339 e. The number of anilines is 1. The molecule has 0 aromatic carbocycles. The molecule has 1 aromatic rings. The molecule has 4 rings (SSSR count). The molecule has 1 aromatic heterocycles. The first-order valence-corrected chi connectivity index (χ1v) is 9.50. The molecule has 2 saturated heterocycles. The van der Waals surface area contributed by atoms with Crippen LogP contribution in [0.25, 0.3) is 0 Å². The topological polar surface area (TPSA) is 108 Å². The van der Waals surface area contributed by atoms with Crippen LogP contribution in [0.4, 0.5) is 10.7 Å². The van der Waals surface area contributed by atoms with Gasteiger partial charge in [0.2, 0.25) is 11.9 Å². The fraction of sp³-hybridized carbons (Fsp3) is 0.588. The Balaban J connectivity index is 1.32. The molecule has 4 amide bonds. The fourth-order valence-electron chi connectivity index (χ4n) is 3.85. The molecule has 9 nitrogen and oxygen atoms in total. The van der Waals surface area contributed by atoms with Gasteiger partial charge in [-0.3, -0.25) is 14.9 Å². The van der Waals surface area contributed by atoms with E-state index < -0.39 is 11.6 Å². The van der Waals surface area contributed by atoms with Crippen LogP contribution in [-0.2, 0) is 9.59 Å². The number of rotatable bonds is 5. The molecular formula is C17H21ClN6O3. The number of amides is 4. The number of nitrogens with zero attached hydrogens (tertiary/aromatic N) is 4. The van der Waals surface area contributed by atoms with Crippen molar-refractivity contribution >= 4 is 35.4 Å². The predicted octanol–water partition coefficient (Wildman–Crippen LogP) is 0.547. The van der Waals surface area contributed by atoms with Gasteiger partial charge in [0.25, 0.3) is 5.91 Å². The third-order valence-corrected chi connectivity index (χ3v) is 5.71. The molecule has 27 heavy (non-hydrogen) atoms. The van der Waals surface area contributed by atoms with Crippen LogP contribution in [0.15, 0.2) is 12.3 Å². The Hall–Kier alpha value is -2.42. The van der Waals surface area contributed by atoms with Crippen LogP contribution in [0.2, 0.25) is 5.15 Å². The minimum absolute atomic E-state index is 0.00404. The monoisotopic (exact) mass is 392 g/mol. The van der Waals surface area contributed by atoms with E-state index in [1.165, 1.54) is 0 Å². The van der Waals surface area contributed by atoms with Crippen molar-refractivity contribution in [3.05, 3.63) is 17.4 Å². The number of urea groups is 1. The Morgan fingerprint density at radius 3 is 2.59 bits per heavy atom. The number of piperazine rings is 1. The molecule has 0 spiro atoms. The summed E-state index contributed by atoms with van der Waals surface area (Å²) >= 11 is 5.91. The Morgan fingerprint density at radius 2 is 2.00 bits per heavy atom. The van der Waals surface area contributed by atoms with E-state index in [0.717, 1.165) is 12.8 Å². The summed E-state index contributed by atoms with van der Waals surface area (Å²) < 4.78 is 0. The van der Waals surface area contributed by atoms with Crippen molar-refractivity contribution in [2.45, 2.75) is 31.2 Å². The second-order valence-corrected chi connectivity index (χ2v) is 7.59. The summed E-state index contributed by atoms with van der Waals surface area (Å²) in [7, 11) is 0. The van der Waals surface area contributed by atoms with Crippen molar-refractivity contribution in [1.82, 2.24) is 25.5 Å². The van der Waals surface area contributed by atoms with Crippen molar-refractivity contribution in [2.24, 2.45) is 5.92 Å². The van der Waals surface area contributed by atoms with Gasteiger partial charge in [-0.25, -0.2) is 14.8 Å². The van der Waals surface area contributed by atoms with E-state index in [2.05, 4.69) is 20.6 Å². The zero-order valence-electron chi connectivity index (χ0n) is 14.8. The zero-order valence-corrected chi connectivity index (χ0v) is 15.5. The summed E-state index contributed by atoms with van der Waals surface area (Å²) in [5.41, 5.74) is -0.913. The molecule has 10 heteroatoms. The van der Waals surface area contributed by atoms with Crippen molar-refractivity contribution in [3.8, 4) is 0 Å². The van der Waals surface area contributed by atoms with Crippen LogP contribution >= 0.6 is 11.6 Å². The van der Waals surface area contributed by atoms with Gasteiger partial charge >= 0.3 is 6.03 Å². The van der Waals surface area contributed by atoms with Crippen molar-refractivity contribution in [1.29, 1.82) is 0 Å². The first kappa shape index (κ1) is 18.0. The van der Waals surface area contributed by atoms with Gasteiger partial charge in [0, 0.05) is 38.8 Å². The van der Waals surface area contributed by atoms with Gasteiger partial charge < -0.3 is 15.1 Å². The normalized spacial score (nSPS) is 25.4. The molecule has 1 saturated carbocycles. The molecule has 2 aliphatic heterocycles. The SMILES string of the molecule is O=C1NC(=O)C(CCC(=O)N2CCN(c3nccc(Cl)n3)CC2)(C2CC2)N1. The summed E-state index contributed by atoms with van der Waals surface area (Å²) in [6.07, 6.45) is 3.99. The number of carbonyl (C=O) groups is 3. The van der Waals surface area contributed by atoms with Crippen LogP contribution in [0.1, 0.15) is 25.7 Å². The number of hydrogen-bond acceptors (Lipinski definition) is 6. The summed E-state index contributed by atoms with van der Waals surface area (Å²) in [5, 5.41) is 5.47. The number of aromatic nitrogens is 2. The highest BCUT2D eigenvalue weighted by Gasteiger charge is 2.55. The minimum atomic E-state index is -0.913. The van der Waals surface area contributed by atoms with Gasteiger partial charge in [0.1, 0.15) is 10.7 Å². The van der Waals surface area contributed by atoms with E-state index in [1.54, 1.807) is 17.2 Å². The summed E-state index contributed by atoms with van der Waals surface area (Å²) in [6, 6.07) is 1.16. The van der Waals surface area contributed by atoms with Gasteiger partial charge in [-0.15, -0.1) is 0 Å². The van der Waals surface area contributed by atoms with Crippen molar-refractivity contribution in [3.63, 3.8) is 0 Å². The second kappa shape index (κ2) is 6.95. The molecule has 1 unspecified atom stereocenters. The van der Waals surface area contributed by atoms with Crippen molar-refractivity contribution < 1.29 is 14.4 Å². The quantitative estimate of drug-likeness (QED) is 0.559. The highest BCUT2D eigenvalue weighted by atomic mass is 35.5. The number of carbonyl (C=O) groups excluding carboxylic acids is 3. The second-order valence-electron chi connectivity index (χ2n) is 7.20. The zero-order chi connectivity index (χ0) is 19.0. The number of hydrogen-bond donors (Lipinski definition) is 2. The molecule has 3 aliphatic rings. The van der Waals surface area contributed by atoms with E-state index >= 15 is 0 Å². The van der Waals surface area contributed by atoms with Gasteiger partial charge in [0.15, 0.2) is 0 Å².